The van der Waals surface area contributed by atoms with E-state index >= 15 is 0 Å². The van der Waals surface area contributed by atoms with E-state index in [4.69, 9.17) is 23.2 Å². The van der Waals surface area contributed by atoms with Crippen LogP contribution in [-0.2, 0) is 0 Å². The fourth-order valence-corrected chi connectivity index (χ4v) is 1.69. The van der Waals surface area contributed by atoms with E-state index in [2.05, 4.69) is 26.1 Å². The van der Waals surface area contributed by atoms with Crippen LogP contribution in [0.1, 0.15) is 27.2 Å². The lowest BCUT2D eigenvalue weighted by molar-refractivity contribution is 0.495. The largest absolute Gasteiger partial charge is 0.381 e. The first kappa shape index (κ1) is 12.7. The van der Waals surface area contributed by atoms with E-state index in [1.54, 1.807) is 6.07 Å². The molecule has 0 aromatic heterocycles. The minimum atomic E-state index is 0.394. The van der Waals surface area contributed by atoms with Gasteiger partial charge in [0.1, 0.15) is 0 Å². The summed E-state index contributed by atoms with van der Waals surface area (Å²) in [6.07, 6.45) is 1.15. The molecule has 2 atom stereocenters. The summed E-state index contributed by atoms with van der Waals surface area (Å²) in [5, 5.41) is 4.81. The molecule has 0 heterocycles. The standard InChI is InChI=1S/C12H17Cl2N/c1-4-8(2)9(3)15-12-7-10(13)5-6-11(12)14/h5-9,15H,4H2,1-3H3. The number of rotatable bonds is 4. The predicted molar refractivity (Wildman–Crippen MR) is 69.0 cm³/mol. The highest BCUT2D eigenvalue weighted by molar-refractivity contribution is 6.35. The van der Waals surface area contributed by atoms with Crippen molar-refractivity contribution in [2.45, 2.75) is 33.2 Å². The Hall–Kier alpha value is -0.400. The molecule has 15 heavy (non-hydrogen) atoms. The zero-order chi connectivity index (χ0) is 11.4. The summed E-state index contributed by atoms with van der Waals surface area (Å²) in [5.74, 6) is 0.611. The lowest BCUT2D eigenvalue weighted by atomic mass is 10.0. The zero-order valence-corrected chi connectivity index (χ0v) is 10.9. The van der Waals surface area contributed by atoms with Gasteiger partial charge in [-0.1, -0.05) is 43.5 Å². The van der Waals surface area contributed by atoms with Crippen molar-refractivity contribution in [1.82, 2.24) is 0 Å². The Kier molecular flexibility index (Phi) is 4.75. The molecular formula is C12H17Cl2N. The number of benzene rings is 1. The number of anilines is 1. The first-order valence-electron chi connectivity index (χ1n) is 5.26. The fourth-order valence-electron chi connectivity index (χ4n) is 1.35. The molecular weight excluding hydrogens is 229 g/mol. The van der Waals surface area contributed by atoms with E-state index in [1.165, 1.54) is 0 Å². The third-order valence-electron chi connectivity index (χ3n) is 2.81. The zero-order valence-electron chi connectivity index (χ0n) is 9.35. The van der Waals surface area contributed by atoms with Crippen LogP contribution < -0.4 is 5.32 Å². The Morgan fingerprint density at radius 1 is 1.27 bits per heavy atom. The SMILES string of the molecule is CCC(C)C(C)Nc1cc(Cl)ccc1Cl. The molecule has 1 aromatic rings. The Bertz CT molecular complexity index is 325. The highest BCUT2D eigenvalue weighted by Crippen LogP contribution is 2.27. The summed E-state index contributed by atoms with van der Waals surface area (Å²) in [7, 11) is 0. The summed E-state index contributed by atoms with van der Waals surface area (Å²) >= 11 is 12.0. The van der Waals surface area contributed by atoms with Crippen molar-refractivity contribution in [2.75, 3.05) is 5.32 Å². The molecule has 0 spiro atoms. The van der Waals surface area contributed by atoms with Crippen molar-refractivity contribution in [1.29, 1.82) is 0 Å². The molecule has 0 radical (unpaired) electrons. The Morgan fingerprint density at radius 3 is 2.53 bits per heavy atom. The molecule has 1 aromatic carbocycles. The first-order valence-corrected chi connectivity index (χ1v) is 6.01. The van der Waals surface area contributed by atoms with Crippen LogP contribution in [0.25, 0.3) is 0 Å². The van der Waals surface area contributed by atoms with Crippen LogP contribution in [0.15, 0.2) is 18.2 Å². The van der Waals surface area contributed by atoms with Gasteiger partial charge in [0, 0.05) is 11.1 Å². The van der Waals surface area contributed by atoms with Gasteiger partial charge in [0.2, 0.25) is 0 Å². The van der Waals surface area contributed by atoms with Gasteiger partial charge in [-0.05, 0) is 31.0 Å². The molecule has 1 nitrogen and oxygen atoms in total. The van der Waals surface area contributed by atoms with E-state index in [1.807, 2.05) is 12.1 Å². The van der Waals surface area contributed by atoms with Crippen molar-refractivity contribution in [3.8, 4) is 0 Å². The van der Waals surface area contributed by atoms with Gasteiger partial charge >= 0.3 is 0 Å². The fraction of sp³-hybridized carbons (Fsp3) is 0.500. The molecule has 2 unspecified atom stereocenters. The third-order valence-corrected chi connectivity index (χ3v) is 3.37. The molecule has 0 aliphatic heterocycles. The van der Waals surface area contributed by atoms with Gasteiger partial charge in [-0.15, -0.1) is 0 Å². The maximum absolute atomic E-state index is 6.07. The second-order valence-corrected chi connectivity index (χ2v) is 4.79. The van der Waals surface area contributed by atoms with Gasteiger partial charge in [0.25, 0.3) is 0 Å². The van der Waals surface area contributed by atoms with Crippen molar-refractivity contribution in [3.63, 3.8) is 0 Å². The summed E-state index contributed by atoms with van der Waals surface area (Å²) in [6.45, 7) is 6.56. The molecule has 0 aliphatic rings. The van der Waals surface area contributed by atoms with Gasteiger partial charge in [-0.2, -0.15) is 0 Å². The molecule has 1 rings (SSSR count). The number of nitrogens with one attached hydrogen (secondary N) is 1. The third kappa shape index (κ3) is 3.58. The minimum Gasteiger partial charge on any atom is -0.381 e. The highest BCUT2D eigenvalue weighted by atomic mass is 35.5. The Morgan fingerprint density at radius 2 is 1.93 bits per heavy atom. The van der Waals surface area contributed by atoms with Crippen LogP contribution >= 0.6 is 23.2 Å². The van der Waals surface area contributed by atoms with Gasteiger partial charge in [-0.3, -0.25) is 0 Å². The molecule has 84 valence electrons. The maximum atomic E-state index is 6.07. The summed E-state index contributed by atoms with van der Waals surface area (Å²) < 4.78 is 0. The molecule has 0 saturated heterocycles. The maximum Gasteiger partial charge on any atom is 0.0638 e. The van der Waals surface area contributed by atoms with Gasteiger partial charge in [-0.25, -0.2) is 0 Å². The van der Waals surface area contributed by atoms with E-state index in [0.29, 0.717) is 17.0 Å². The molecule has 0 fully saturated rings. The van der Waals surface area contributed by atoms with Crippen molar-refractivity contribution in [3.05, 3.63) is 28.2 Å². The van der Waals surface area contributed by atoms with Crippen LogP contribution in [0.3, 0.4) is 0 Å². The molecule has 1 N–H and O–H groups in total. The molecule has 0 saturated carbocycles. The quantitative estimate of drug-likeness (QED) is 0.801. The van der Waals surface area contributed by atoms with Crippen LogP contribution in [-0.4, -0.2) is 6.04 Å². The average Bonchev–Trinajstić information content (AvgIpc) is 2.22. The molecule has 3 heteroatoms. The topological polar surface area (TPSA) is 12.0 Å². The van der Waals surface area contributed by atoms with Crippen molar-refractivity contribution < 1.29 is 0 Å². The first-order chi connectivity index (χ1) is 7.04. The number of halogens is 2. The monoisotopic (exact) mass is 245 g/mol. The average molecular weight is 246 g/mol. The summed E-state index contributed by atoms with van der Waals surface area (Å²) in [4.78, 5) is 0. The van der Waals surface area contributed by atoms with E-state index in [9.17, 15) is 0 Å². The lowest BCUT2D eigenvalue weighted by Crippen LogP contribution is -2.23. The number of hydrogen-bond acceptors (Lipinski definition) is 1. The smallest absolute Gasteiger partial charge is 0.0638 e. The van der Waals surface area contributed by atoms with Crippen molar-refractivity contribution in [2.24, 2.45) is 5.92 Å². The van der Waals surface area contributed by atoms with Gasteiger partial charge in [0.15, 0.2) is 0 Å². The molecule has 0 amide bonds. The second kappa shape index (κ2) is 5.62. The van der Waals surface area contributed by atoms with Crippen LogP contribution in [0.5, 0.6) is 0 Å². The second-order valence-electron chi connectivity index (χ2n) is 3.94. The van der Waals surface area contributed by atoms with Crippen LogP contribution in [0, 0.1) is 5.92 Å². The Labute approximate surface area is 102 Å². The van der Waals surface area contributed by atoms with Crippen LogP contribution in [0.2, 0.25) is 10.0 Å². The summed E-state index contributed by atoms with van der Waals surface area (Å²) in [5.41, 5.74) is 0.914. The van der Waals surface area contributed by atoms with Crippen molar-refractivity contribution >= 4 is 28.9 Å². The van der Waals surface area contributed by atoms with E-state index in [-0.39, 0.29) is 0 Å². The predicted octanol–water partition coefficient (Wildman–Crippen LogP) is 4.84. The minimum absolute atomic E-state index is 0.394. The van der Waals surface area contributed by atoms with E-state index < -0.39 is 0 Å². The van der Waals surface area contributed by atoms with Crippen LogP contribution in [0.4, 0.5) is 5.69 Å². The van der Waals surface area contributed by atoms with E-state index in [0.717, 1.165) is 17.1 Å². The number of hydrogen-bond donors (Lipinski definition) is 1. The Balaban J connectivity index is 2.75. The van der Waals surface area contributed by atoms with Gasteiger partial charge in [0.05, 0.1) is 10.7 Å². The lowest BCUT2D eigenvalue weighted by Gasteiger charge is -2.21. The molecule has 0 aliphatic carbocycles. The molecule has 0 bridgehead atoms. The summed E-state index contributed by atoms with van der Waals surface area (Å²) in [6, 6.07) is 5.87. The highest BCUT2D eigenvalue weighted by Gasteiger charge is 2.11. The normalized spacial score (nSPS) is 14.7. The van der Waals surface area contributed by atoms with Gasteiger partial charge < -0.3 is 5.32 Å².